The molecule has 1 aliphatic heterocycles. The Labute approximate surface area is 121 Å². The lowest BCUT2D eigenvalue weighted by atomic mass is 10.3. The van der Waals surface area contributed by atoms with Gasteiger partial charge < -0.3 is 14.8 Å². The van der Waals surface area contributed by atoms with Gasteiger partial charge in [0.25, 0.3) is 0 Å². The topological polar surface area (TPSA) is 147 Å². The van der Waals surface area contributed by atoms with E-state index in [0.717, 1.165) is 18.0 Å². The Balaban J connectivity index is 1.98. The van der Waals surface area contributed by atoms with Crippen molar-refractivity contribution in [2.24, 2.45) is 10.2 Å². The van der Waals surface area contributed by atoms with Crippen molar-refractivity contribution >= 4 is 40.9 Å². The molecule has 11 heteroatoms. The molecule has 1 aromatic heterocycles. The van der Waals surface area contributed by atoms with Gasteiger partial charge in [0.2, 0.25) is 5.91 Å². The molecular weight excluding hydrogens is 304 g/mol. The SMILES string of the molecule is O=C(O)C[C@@H]1S/C(=N\N=C/c2ccc([N+](=O)[O-])o2)NC1=O. The lowest BCUT2D eigenvalue weighted by molar-refractivity contribution is -0.402. The van der Waals surface area contributed by atoms with Crippen LogP contribution < -0.4 is 5.32 Å². The predicted molar refractivity (Wildman–Crippen MR) is 72.2 cm³/mol. The van der Waals surface area contributed by atoms with Gasteiger partial charge >= 0.3 is 11.9 Å². The average Bonchev–Trinajstić information content (AvgIpc) is 2.97. The molecule has 2 N–H and O–H groups in total. The maximum Gasteiger partial charge on any atom is 0.433 e. The number of thioether (sulfide) groups is 1. The Hall–Kier alpha value is -2.69. The van der Waals surface area contributed by atoms with Gasteiger partial charge in [0.15, 0.2) is 10.9 Å². The van der Waals surface area contributed by atoms with Crippen molar-refractivity contribution < 1.29 is 24.0 Å². The summed E-state index contributed by atoms with van der Waals surface area (Å²) in [4.78, 5) is 31.7. The summed E-state index contributed by atoms with van der Waals surface area (Å²) < 4.78 is 4.82. The van der Waals surface area contributed by atoms with Gasteiger partial charge in [-0.2, -0.15) is 5.10 Å². The van der Waals surface area contributed by atoms with Crippen LogP contribution in [-0.4, -0.2) is 38.5 Å². The zero-order chi connectivity index (χ0) is 15.4. The summed E-state index contributed by atoms with van der Waals surface area (Å²) in [5.74, 6) is -1.84. The highest BCUT2D eigenvalue weighted by molar-refractivity contribution is 8.15. The number of rotatable bonds is 5. The Morgan fingerprint density at radius 2 is 2.38 bits per heavy atom. The van der Waals surface area contributed by atoms with Gasteiger partial charge in [-0.25, -0.2) is 0 Å². The summed E-state index contributed by atoms with van der Waals surface area (Å²) in [5, 5.41) is 28.1. The fraction of sp³-hybridized carbons (Fsp3) is 0.200. The number of hydrogen-bond donors (Lipinski definition) is 2. The van der Waals surface area contributed by atoms with E-state index in [1.165, 1.54) is 12.1 Å². The van der Waals surface area contributed by atoms with Crippen LogP contribution in [0.4, 0.5) is 5.88 Å². The summed E-state index contributed by atoms with van der Waals surface area (Å²) in [6.45, 7) is 0. The molecule has 0 radical (unpaired) electrons. The van der Waals surface area contributed by atoms with E-state index in [4.69, 9.17) is 9.52 Å². The molecule has 1 aliphatic rings. The molecular formula is C10H8N4O6S. The zero-order valence-electron chi connectivity index (χ0n) is 10.3. The molecule has 0 aliphatic carbocycles. The molecule has 1 saturated heterocycles. The standard InChI is InChI=1S/C10H8N4O6S/c15-8(16)3-6-9(17)12-10(21-6)13-11-4-5-1-2-7(20-5)14(18)19/h1-2,4,6H,3H2,(H,15,16)(H,12,13,17)/b11-4-/t6-/m0/s1. The van der Waals surface area contributed by atoms with E-state index in [2.05, 4.69) is 15.5 Å². The van der Waals surface area contributed by atoms with Crippen molar-refractivity contribution in [3.05, 3.63) is 28.0 Å². The lowest BCUT2D eigenvalue weighted by Crippen LogP contribution is -2.26. The number of aliphatic carboxylic acids is 1. The molecule has 1 atom stereocenters. The first-order chi connectivity index (χ1) is 9.95. The van der Waals surface area contributed by atoms with Crippen LogP contribution in [0.2, 0.25) is 0 Å². The fourth-order valence-corrected chi connectivity index (χ4v) is 2.31. The first kappa shape index (κ1) is 14.7. The second kappa shape index (κ2) is 6.17. The Kier molecular flexibility index (Phi) is 4.33. The fourth-order valence-electron chi connectivity index (χ4n) is 1.39. The Morgan fingerprint density at radius 1 is 1.62 bits per heavy atom. The molecule has 0 bridgehead atoms. The van der Waals surface area contributed by atoms with E-state index in [1.807, 2.05) is 0 Å². The third-order valence-electron chi connectivity index (χ3n) is 2.26. The molecule has 1 amide bonds. The van der Waals surface area contributed by atoms with Crippen LogP contribution in [0, 0.1) is 10.1 Å². The largest absolute Gasteiger partial charge is 0.481 e. The minimum atomic E-state index is -1.09. The van der Waals surface area contributed by atoms with Gasteiger partial charge in [-0.1, -0.05) is 11.8 Å². The number of carboxylic acids is 1. The molecule has 110 valence electrons. The van der Waals surface area contributed by atoms with Gasteiger partial charge in [0.05, 0.1) is 18.7 Å². The maximum absolute atomic E-state index is 11.4. The number of hydrogen-bond acceptors (Lipinski definition) is 8. The van der Waals surface area contributed by atoms with E-state index in [-0.39, 0.29) is 17.3 Å². The normalized spacial score (nSPS) is 20.1. The molecule has 0 spiro atoms. The molecule has 1 fully saturated rings. The van der Waals surface area contributed by atoms with Gasteiger partial charge in [0.1, 0.15) is 10.2 Å². The van der Waals surface area contributed by atoms with E-state index < -0.39 is 27.9 Å². The summed E-state index contributed by atoms with van der Waals surface area (Å²) in [7, 11) is 0. The third kappa shape index (κ3) is 3.89. The van der Waals surface area contributed by atoms with E-state index in [1.54, 1.807) is 0 Å². The minimum Gasteiger partial charge on any atom is -0.481 e. The van der Waals surface area contributed by atoms with Crippen LogP contribution in [0.1, 0.15) is 12.2 Å². The molecule has 21 heavy (non-hydrogen) atoms. The number of amidine groups is 1. The van der Waals surface area contributed by atoms with Crippen LogP contribution in [0.3, 0.4) is 0 Å². The second-order valence-corrected chi connectivity index (χ2v) is 4.97. The summed E-state index contributed by atoms with van der Waals surface area (Å²) in [6, 6.07) is 2.51. The smallest absolute Gasteiger partial charge is 0.433 e. The van der Waals surface area contributed by atoms with Crippen LogP contribution in [0.15, 0.2) is 26.8 Å². The van der Waals surface area contributed by atoms with Crippen molar-refractivity contribution in [1.29, 1.82) is 0 Å². The van der Waals surface area contributed by atoms with Crippen LogP contribution >= 0.6 is 11.8 Å². The van der Waals surface area contributed by atoms with Crippen LogP contribution in [0.5, 0.6) is 0 Å². The number of carbonyl (C=O) groups is 2. The average molecular weight is 312 g/mol. The summed E-state index contributed by atoms with van der Waals surface area (Å²) in [6.07, 6.45) is 0.820. The quantitative estimate of drug-likeness (QED) is 0.459. The lowest BCUT2D eigenvalue weighted by Gasteiger charge is -1.97. The molecule has 0 saturated carbocycles. The van der Waals surface area contributed by atoms with Gasteiger partial charge in [-0.3, -0.25) is 19.7 Å². The number of nitrogens with zero attached hydrogens (tertiary/aromatic N) is 3. The predicted octanol–water partition coefficient (Wildman–Crippen LogP) is 0.584. The van der Waals surface area contributed by atoms with E-state index in [9.17, 15) is 19.7 Å². The molecule has 2 rings (SSSR count). The number of nitrogens with one attached hydrogen (secondary N) is 1. The number of carboxylic acid groups (broad SMARTS) is 1. The number of furan rings is 1. The molecule has 2 heterocycles. The zero-order valence-corrected chi connectivity index (χ0v) is 11.1. The van der Waals surface area contributed by atoms with E-state index >= 15 is 0 Å². The number of carbonyl (C=O) groups excluding carboxylic acids is 1. The monoisotopic (exact) mass is 312 g/mol. The van der Waals surface area contributed by atoms with Crippen LogP contribution in [0.25, 0.3) is 0 Å². The molecule has 0 unspecified atom stereocenters. The highest BCUT2D eigenvalue weighted by Crippen LogP contribution is 2.22. The highest BCUT2D eigenvalue weighted by Gasteiger charge is 2.32. The first-order valence-corrected chi connectivity index (χ1v) is 6.38. The second-order valence-electron chi connectivity index (χ2n) is 3.78. The Bertz CT molecular complexity index is 652. The van der Waals surface area contributed by atoms with Crippen molar-refractivity contribution in [2.45, 2.75) is 11.7 Å². The van der Waals surface area contributed by atoms with Gasteiger partial charge in [-0.05, 0) is 6.07 Å². The number of nitro groups is 1. The summed E-state index contributed by atoms with van der Waals surface area (Å²) in [5.41, 5.74) is 0. The van der Waals surface area contributed by atoms with Crippen molar-refractivity contribution in [3.63, 3.8) is 0 Å². The molecule has 1 aromatic rings. The molecule has 0 aromatic carbocycles. The van der Waals surface area contributed by atoms with Crippen LogP contribution in [-0.2, 0) is 9.59 Å². The summed E-state index contributed by atoms with van der Waals surface area (Å²) >= 11 is 0.948. The maximum atomic E-state index is 11.4. The van der Waals surface area contributed by atoms with Gasteiger partial charge in [0, 0.05) is 0 Å². The van der Waals surface area contributed by atoms with Crippen molar-refractivity contribution in [2.75, 3.05) is 0 Å². The molecule has 10 nitrogen and oxygen atoms in total. The van der Waals surface area contributed by atoms with Gasteiger partial charge in [-0.15, -0.1) is 5.10 Å². The number of amides is 1. The first-order valence-electron chi connectivity index (χ1n) is 5.50. The van der Waals surface area contributed by atoms with Crippen molar-refractivity contribution in [3.8, 4) is 0 Å². The third-order valence-corrected chi connectivity index (χ3v) is 3.33. The van der Waals surface area contributed by atoms with E-state index in [0.29, 0.717) is 0 Å². The minimum absolute atomic E-state index is 0.127. The van der Waals surface area contributed by atoms with Crippen molar-refractivity contribution in [1.82, 2.24) is 5.32 Å². The Morgan fingerprint density at radius 3 is 3.00 bits per heavy atom. The highest BCUT2D eigenvalue weighted by atomic mass is 32.2.